The van der Waals surface area contributed by atoms with Crippen molar-refractivity contribution in [2.45, 2.75) is 31.5 Å². The number of ether oxygens (including phenoxy) is 2. The summed E-state index contributed by atoms with van der Waals surface area (Å²) in [6, 6.07) is 29.8. The van der Waals surface area contributed by atoms with Gasteiger partial charge in [0.05, 0.1) is 18.7 Å². The fourth-order valence-electron chi connectivity index (χ4n) is 5.08. The van der Waals surface area contributed by atoms with E-state index in [1.54, 1.807) is 6.92 Å². The second-order valence-corrected chi connectivity index (χ2v) is 9.89. The summed E-state index contributed by atoms with van der Waals surface area (Å²) >= 11 is 0. The molecule has 0 aliphatic rings. The van der Waals surface area contributed by atoms with Crippen molar-refractivity contribution in [3.05, 3.63) is 140 Å². The molecule has 0 bridgehead atoms. The maximum atomic E-state index is 13.5. The highest BCUT2D eigenvalue weighted by Gasteiger charge is 2.39. The van der Waals surface area contributed by atoms with E-state index in [1.165, 1.54) is 18.2 Å². The zero-order valence-electron chi connectivity index (χ0n) is 24.2. The number of esters is 1. The summed E-state index contributed by atoms with van der Waals surface area (Å²) in [4.78, 5) is 55.6. The third-order valence-corrected chi connectivity index (χ3v) is 7.15. The Morgan fingerprint density at radius 2 is 1.42 bits per heavy atom. The van der Waals surface area contributed by atoms with Crippen molar-refractivity contribution in [3.63, 3.8) is 0 Å². The van der Waals surface area contributed by atoms with Gasteiger partial charge in [-0.3, -0.25) is 24.7 Å². The maximum absolute atomic E-state index is 13.5. The van der Waals surface area contributed by atoms with Gasteiger partial charge >= 0.3 is 11.7 Å². The van der Waals surface area contributed by atoms with Crippen molar-refractivity contribution in [2.75, 3.05) is 26.8 Å². The van der Waals surface area contributed by atoms with Gasteiger partial charge in [0, 0.05) is 25.3 Å². The van der Waals surface area contributed by atoms with Crippen LogP contribution in [0, 0.1) is 0 Å². The summed E-state index contributed by atoms with van der Waals surface area (Å²) in [7, 11) is 1.54. The van der Waals surface area contributed by atoms with Crippen molar-refractivity contribution in [3.8, 4) is 0 Å². The van der Waals surface area contributed by atoms with Crippen LogP contribution in [0.15, 0.2) is 107 Å². The van der Waals surface area contributed by atoms with Crippen LogP contribution in [0.4, 0.5) is 0 Å². The van der Waals surface area contributed by atoms with Gasteiger partial charge in [0.1, 0.15) is 12.8 Å². The first-order chi connectivity index (χ1) is 20.9. The molecule has 1 aromatic heterocycles. The van der Waals surface area contributed by atoms with Crippen LogP contribution in [0.25, 0.3) is 0 Å². The molecular formula is C33H36N4O6. The van der Waals surface area contributed by atoms with Gasteiger partial charge in [-0.05, 0) is 30.0 Å². The van der Waals surface area contributed by atoms with Gasteiger partial charge < -0.3 is 19.4 Å². The van der Waals surface area contributed by atoms with Crippen LogP contribution in [0.1, 0.15) is 35.6 Å². The zero-order chi connectivity index (χ0) is 30.7. The lowest BCUT2D eigenvalue weighted by Crippen LogP contribution is -2.55. The molecule has 0 radical (unpaired) electrons. The molecule has 43 heavy (non-hydrogen) atoms. The molecule has 0 spiro atoms. The van der Waals surface area contributed by atoms with Crippen LogP contribution in [-0.4, -0.2) is 59.8 Å². The highest BCUT2D eigenvalue weighted by molar-refractivity contribution is 5.82. The highest BCUT2D eigenvalue weighted by atomic mass is 16.5. The molecule has 1 atom stereocenters. The summed E-state index contributed by atoms with van der Waals surface area (Å²) in [5.74, 6) is -0.944. The Morgan fingerprint density at radius 1 is 0.884 bits per heavy atom. The number of hydrogen-bond acceptors (Lipinski definition) is 7. The Kier molecular flexibility index (Phi) is 10.8. The second kappa shape index (κ2) is 14.9. The predicted molar refractivity (Wildman–Crippen MR) is 162 cm³/mol. The average Bonchev–Trinajstić information content (AvgIpc) is 3.03. The number of aryl methyl sites for hydroxylation is 1. The molecule has 3 aromatic carbocycles. The maximum Gasteiger partial charge on any atom is 0.325 e. The van der Waals surface area contributed by atoms with Crippen LogP contribution in [0.2, 0.25) is 0 Å². The van der Waals surface area contributed by atoms with E-state index in [4.69, 9.17) is 9.47 Å². The number of aromatic nitrogens is 2. The molecule has 224 valence electrons. The number of benzene rings is 3. The Bertz CT molecular complexity index is 1490. The predicted octanol–water partition coefficient (Wildman–Crippen LogP) is 2.94. The molecular weight excluding hydrogens is 548 g/mol. The van der Waals surface area contributed by atoms with Gasteiger partial charge in [-0.2, -0.15) is 0 Å². The molecule has 4 aromatic rings. The molecule has 0 aliphatic heterocycles. The summed E-state index contributed by atoms with van der Waals surface area (Å²) in [5.41, 5.74) is 1.04. The normalized spacial score (nSPS) is 12.0. The average molecular weight is 585 g/mol. The van der Waals surface area contributed by atoms with E-state index in [-0.39, 0.29) is 44.0 Å². The van der Waals surface area contributed by atoms with Crippen molar-refractivity contribution >= 4 is 11.9 Å². The fourth-order valence-corrected chi connectivity index (χ4v) is 5.08. The number of H-pyrrole nitrogens is 2. The SMILES string of the molecule is CCOC(=O)CN(CC(NC(c1ccccc1)(c1ccccc1)c1ccccc1)OC)C(=O)CCc1c[nH]c(=O)[nH]c1=O. The molecule has 0 aliphatic carbocycles. The molecule has 1 unspecified atom stereocenters. The molecule has 3 N–H and O–H groups in total. The van der Waals surface area contributed by atoms with Crippen LogP contribution in [-0.2, 0) is 31.0 Å². The number of nitrogens with one attached hydrogen (secondary N) is 3. The third kappa shape index (κ3) is 7.73. The number of rotatable bonds is 14. The Balaban J connectivity index is 1.69. The van der Waals surface area contributed by atoms with Gasteiger partial charge in [0.25, 0.3) is 5.56 Å². The van der Waals surface area contributed by atoms with E-state index in [9.17, 15) is 19.2 Å². The van der Waals surface area contributed by atoms with E-state index in [0.29, 0.717) is 0 Å². The van der Waals surface area contributed by atoms with E-state index in [0.717, 1.165) is 16.7 Å². The minimum Gasteiger partial charge on any atom is -0.465 e. The van der Waals surface area contributed by atoms with E-state index in [2.05, 4.69) is 15.3 Å². The van der Waals surface area contributed by atoms with Gasteiger partial charge in [-0.1, -0.05) is 91.0 Å². The van der Waals surface area contributed by atoms with Crippen molar-refractivity contribution in [1.29, 1.82) is 0 Å². The lowest BCUT2D eigenvalue weighted by atomic mass is 9.77. The first-order valence-corrected chi connectivity index (χ1v) is 14.1. The molecule has 0 saturated heterocycles. The molecule has 0 fully saturated rings. The minimum atomic E-state index is -0.883. The molecule has 1 heterocycles. The van der Waals surface area contributed by atoms with Crippen molar-refractivity contribution < 1.29 is 19.1 Å². The number of amides is 1. The summed E-state index contributed by atoms with van der Waals surface area (Å²) in [6.45, 7) is 1.56. The third-order valence-electron chi connectivity index (χ3n) is 7.15. The quantitative estimate of drug-likeness (QED) is 0.118. The lowest BCUT2D eigenvalue weighted by Gasteiger charge is -2.40. The zero-order valence-corrected chi connectivity index (χ0v) is 24.2. The Morgan fingerprint density at radius 3 is 1.88 bits per heavy atom. The highest BCUT2D eigenvalue weighted by Crippen LogP contribution is 2.37. The molecule has 10 heteroatoms. The number of nitrogens with zero attached hydrogens (tertiary/aromatic N) is 1. The monoisotopic (exact) mass is 584 g/mol. The van der Waals surface area contributed by atoms with Crippen LogP contribution >= 0.6 is 0 Å². The fraction of sp³-hybridized carbons (Fsp3) is 0.273. The van der Waals surface area contributed by atoms with Gasteiger partial charge in [0.2, 0.25) is 5.91 Å². The number of carbonyl (C=O) groups excluding carboxylic acids is 2. The van der Waals surface area contributed by atoms with Crippen LogP contribution in [0.3, 0.4) is 0 Å². The van der Waals surface area contributed by atoms with Gasteiger partial charge in [0.15, 0.2) is 0 Å². The Hall–Kier alpha value is -4.80. The number of methoxy groups -OCH3 is 1. The standard InChI is InChI=1S/C33H36N4O6/c1-3-43-30(39)23-37(29(38)20-19-24-21-34-32(41)35-31(24)40)22-28(42-2)36-33(25-13-7-4-8-14-25,26-15-9-5-10-16-26)27-17-11-6-12-18-27/h4-18,21,28,36H,3,19-20,22-23H2,1-2H3,(H2,34,35,40,41). The number of hydrogen-bond donors (Lipinski definition) is 3. The number of aromatic amines is 2. The summed E-state index contributed by atoms with van der Waals surface area (Å²) in [5, 5.41) is 3.68. The van der Waals surface area contributed by atoms with Crippen molar-refractivity contribution in [2.24, 2.45) is 0 Å². The first kappa shape index (κ1) is 31.1. The lowest BCUT2D eigenvalue weighted by molar-refractivity contribution is -0.150. The van der Waals surface area contributed by atoms with Crippen LogP contribution < -0.4 is 16.6 Å². The van der Waals surface area contributed by atoms with Crippen LogP contribution in [0.5, 0.6) is 0 Å². The molecule has 1 amide bonds. The molecule has 4 rings (SSSR count). The van der Waals surface area contributed by atoms with E-state index in [1.807, 2.05) is 91.0 Å². The second-order valence-electron chi connectivity index (χ2n) is 9.89. The molecule has 10 nitrogen and oxygen atoms in total. The van der Waals surface area contributed by atoms with E-state index >= 15 is 0 Å². The van der Waals surface area contributed by atoms with Gasteiger partial charge in [-0.25, -0.2) is 4.79 Å². The van der Waals surface area contributed by atoms with E-state index < -0.39 is 29.0 Å². The summed E-state index contributed by atoms with van der Waals surface area (Å²) in [6.07, 6.45) is 0.539. The molecule has 0 saturated carbocycles. The minimum absolute atomic E-state index is 0.00434. The first-order valence-electron chi connectivity index (χ1n) is 14.1. The summed E-state index contributed by atoms with van der Waals surface area (Å²) < 4.78 is 11.1. The van der Waals surface area contributed by atoms with Crippen molar-refractivity contribution in [1.82, 2.24) is 20.2 Å². The number of carbonyl (C=O) groups is 2. The topological polar surface area (TPSA) is 134 Å². The largest absolute Gasteiger partial charge is 0.465 e. The smallest absolute Gasteiger partial charge is 0.325 e. The Labute approximate surface area is 249 Å². The van der Waals surface area contributed by atoms with Gasteiger partial charge in [-0.15, -0.1) is 0 Å².